The van der Waals surface area contributed by atoms with Gasteiger partial charge >= 0.3 is 33.4 Å². The van der Waals surface area contributed by atoms with E-state index in [0.717, 1.165) is 10.9 Å². The average molecular weight is 940 g/mol. The van der Waals surface area contributed by atoms with Gasteiger partial charge in [0.15, 0.2) is 23.8 Å². The number of amides is 1. The fourth-order valence-corrected chi connectivity index (χ4v) is 7.83. The molecule has 6 rings (SSSR count). The summed E-state index contributed by atoms with van der Waals surface area (Å²) in [6.45, 7) is -1.59. The number of nitrogen functional groups attached to an aromatic ring is 2. The van der Waals surface area contributed by atoms with Crippen LogP contribution >= 0.6 is 15.6 Å². The molecule has 4 aromatic rings. The van der Waals surface area contributed by atoms with Gasteiger partial charge in [-0.2, -0.15) is 4.98 Å². The maximum Gasteiger partial charge on any atom is 0.472 e. The van der Waals surface area contributed by atoms with Crippen molar-refractivity contribution >= 4 is 56.2 Å². The second-order valence-corrected chi connectivity index (χ2v) is 16.7. The van der Waals surface area contributed by atoms with E-state index in [1.54, 1.807) is 24.3 Å². The number of aromatic nitrogens is 6. The zero-order chi connectivity index (χ0) is 46.2. The van der Waals surface area contributed by atoms with Crippen molar-refractivity contribution in [2.24, 2.45) is 10.8 Å². The summed E-state index contributed by atoms with van der Waals surface area (Å²) in [6, 6.07) is 6.44. The van der Waals surface area contributed by atoms with Crippen LogP contribution < -0.4 is 28.2 Å². The molecule has 2 aliphatic heterocycles. The quantitative estimate of drug-likeness (QED) is 0.0151. The summed E-state index contributed by atoms with van der Waals surface area (Å²) in [5.41, 5.74) is 26.6. The molecule has 0 saturated carbocycles. The molecule has 3 aromatic heterocycles. The highest BCUT2D eigenvalue weighted by Crippen LogP contribution is 2.50. The Hall–Kier alpha value is -5.64. The van der Waals surface area contributed by atoms with E-state index in [1.165, 1.54) is 23.2 Å². The number of fused-ring (bicyclic) bond motifs is 1. The molecule has 0 spiro atoms. The van der Waals surface area contributed by atoms with E-state index in [9.17, 15) is 43.3 Å². The standard InChI is InChI=1S/C33H43N13O16P2/c34-19(3-1-2-9-38-33(50)56-12-17-4-6-18(7-5-17)43-44-37)31(48)61-27-22(60-30(26(27)47)46-16-41-25-28(36)39-15-40-29(25)46)14-58-64(54,55)62-20-11-24(45-10-8-23(35)42-32(45)49)59-21(20)13-57-63(51,52)53/h4-8,10,15-16,19-22,24,26-27,30,47H,1-3,9,11-14,34H2,(H,38,50)(H,54,55)(H2,35,42,49)(H2,36,39,40)(H2,51,52,53)/t19-,20-,21+,22+,24+,26+,27+,30+/m0/s1. The summed E-state index contributed by atoms with van der Waals surface area (Å²) in [4.78, 5) is 85.8. The number of phosphoric acid groups is 2. The fourth-order valence-electron chi connectivity index (χ4n) is 6.53. The third-order valence-corrected chi connectivity index (χ3v) is 11.1. The van der Waals surface area contributed by atoms with Crippen LogP contribution in [0.25, 0.3) is 21.6 Å². The van der Waals surface area contributed by atoms with Crippen molar-refractivity contribution in [2.75, 3.05) is 31.2 Å². The van der Waals surface area contributed by atoms with Gasteiger partial charge in [-0.3, -0.25) is 27.5 Å². The molecular weight excluding hydrogens is 896 g/mol. The van der Waals surface area contributed by atoms with Gasteiger partial charge < -0.3 is 61.3 Å². The van der Waals surface area contributed by atoms with Gasteiger partial charge in [-0.15, -0.1) is 0 Å². The van der Waals surface area contributed by atoms with Crippen LogP contribution in [0.1, 0.15) is 43.7 Å². The molecule has 0 bridgehead atoms. The third-order valence-electron chi connectivity index (χ3n) is 9.62. The largest absolute Gasteiger partial charge is 0.472 e. The lowest BCUT2D eigenvalue weighted by molar-refractivity contribution is -0.158. The number of esters is 1. The predicted molar refractivity (Wildman–Crippen MR) is 215 cm³/mol. The van der Waals surface area contributed by atoms with Crippen LogP contribution in [0, 0.1) is 0 Å². The number of nitrogens with two attached hydrogens (primary N) is 3. The van der Waals surface area contributed by atoms with Crippen molar-refractivity contribution in [3.63, 3.8) is 0 Å². The molecular formula is C33H43N13O16P2. The second kappa shape index (κ2) is 20.9. The molecule has 9 atom stereocenters. The zero-order valence-electron chi connectivity index (χ0n) is 33.2. The molecule has 1 aromatic carbocycles. The van der Waals surface area contributed by atoms with E-state index in [0.29, 0.717) is 24.1 Å². The number of hydrogen-bond acceptors (Lipinski definition) is 21. The highest BCUT2D eigenvalue weighted by atomic mass is 31.2. The number of anilines is 2. The van der Waals surface area contributed by atoms with Crippen molar-refractivity contribution in [1.29, 1.82) is 0 Å². The number of azide groups is 1. The number of hydrogen-bond donors (Lipinski definition) is 8. The molecule has 64 heavy (non-hydrogen) atoms. The first kappa shape index (κ1) is 47.8. The minimum absolute atomic E-state index is 0.00547. The minimum atomic E-state index is -5.20. The Morgan fingerprint density at radius 3 is 2.50 bits per heavy atom. The van der Waals surface area contributed by atoms with Gasteiger partial charge in [-0.25, -0.2) is 33.7 Å². The van der Waals surface area contributed by atoms with E-state index >= 15 is 0 Å². The van der Waals surface area contributed by atoms with Gasteiger partial charge in [-0.05, 0) is 36.4 Å². The Morgan fingerprint density at radius 2 is 1.78 bits per heavy atom. The van der Waals surface area contributed by atoms with Gasteiger partial charge in [0.05, 0.1) is 19.5 Å². The first-order chi connectivity index (χ1) is 30.4. The first-order valence-corrected chi connectivity index (χ1v) is 22.1. The van der Waals surface area contributed by atoms with Crippen LogP contribution in [-0.4, -0.2) is 117 Å². The molecule has 29 nitrogen and oxygen atoms in total. The summed E-state index contributed by atoms with van der Waals surface area (Å²) in [5, 5.41) is 17.6. The van der Waals surface area contributed by atoms with Crippen molar-refractivity contribution in [1.82, 2.24) is 34.4 Å². The summed E-state index contributed by atoms with van der Waals surface area (Å²) in [6.07, 6.45) is -6.99. The SMILES string of the molecule is [N-]=[N+]=Nc1ccc(COC(=O)NCCCC[C@H](N)C(=O)O[C@H]2[C@@H](O)[C@H](n3cnc4c(N)ncnc43)O[C@@H]2COP(=O)(O)O[C@H]2C[C@H](n3ccc(N)nc3=O)O[C@@H]2COP(=O)(O)O)cc1. The predicted octanol–water partition coefficient (Wildman–Crippen LogP) is 0.683. The minimum Gasteiger partial charge on any atom is -0.455 e. The smallest absolute Gasteiger partial charge is 0.455 e. The topological polar surface area (TPSA) is 431 Å². The van der Waals surface area contributed by atoms with Gasteiger partial charge in [0.2, 0.25) is 0 Å². The Kier molecular flexibility index (Phi) is 15.6. The lowest BCUT2D eigenvalue weighted by atomic mass is 10.1. The maximum absolute atomic E-state index is 13.4. The number of nitrogens with one attached hydrogen (secondary N) is 1. The van der Waals surface area contributed by atoms with Crippen LogP contribution in [0.15, 0.2) is 59.1 Å². The second-order valence-electron chi connectivity index (χ2n) is 14.1. The van der Waals surface area contributed by atoms with Crippen molar-refractivity contribution in [2.45, 2.75) is 81.3 Å². The summed E-state index contributed by atoms with van der Waals surface area (Å²) in [5.74, 6) is -1.09. The molecule has 346 valence electrons. The van der Waals surface area contributed by atoms with Gasteiger partial charge in [0.1, 0.15) is 61.0 Å². The molecule has 0 radical (unpaired) electrons. The van der Waals surface area contributed by atoms with Crippen LogP contribution in [-0.2, 0) is 53.1 Å². The van der Waals surface area contributed by atoms with Crippen molar-refractivity contribution in [3.8, 4) is 0 Å². The number of unbranched alkanes of at least 4 members (excludes halogenated alkanes) is 1. The van der Waals surface area contributed by atoms with Crippen LogP contribution in [0.5, 0.6) is 0 Å². The Labute approximate surface area is 360 Å². The number of carbonyl (C=O) groups excluding carboxylic acids is 2. The summed E-state index contributed by atoms with van der Waals surface area (Å²) in [7, 11) is -10.3. The first-order valence-electron chi connectivity index (χ1n) is 19.0. The number of carbonyl (C=O) groups is 2. The molecule has 1 amide bonds. The number of aliphatic hydroxyl groups is 1. The monoisotopic (exact) mass is 939 g/mol. The van der Waals surface area contributed by atoms with E-state index < -0.39 is 95.6 Å². The van der Waals surface area contributed by atoms with Crippen LogP contribution in [0.2, 0.25) is 0 Å². The Bertz CT molecular complexity index is 2490. The summed E-state index contributed by atoms with van der Waals surface area (Å²) >= 11 is 0. The van der Waals surface area contributed by atoms with Crippen molar-refractivity contribution < 1.29 is 71.0 Å². The van der Waals surface area contributed by atoms with Crippen LogP contribution in [0.4, 0.5) is 22.1 Å². The number of benzene rings is 1. The number of imidazole rings is 1. The lowest BCUT2D eigenvalue weighted by Gasteiger charge is -2.24. The number of aliphatic hydroxyl groups excluding tert-OH is 1. The maximum atomic E-state index is 13.4. The summed E-state index contributed by atoms with van der Waals surface area (Å²) < 4.78 is 64.8. The zero-order valence-corrected chi connectivity index (χ0v) is 35.0. The Morgan fingerprint density at radius 1 is 1.03 bits per heavy atom. The third kappa shape index (κ3) is 12.5. The average Bonchev–Trinajstić information content (AvgIpc) is 3.94. The highest BCUT2D eigenvalue weighted by molar-refractivity contribution is 7.47. The molecule has 11 N–H and O–H groups in total. The van der Waals surface area contributed by atoms with Crippen molar-refractivity contribution in [3.05, 3.63) is 75.7 Å². The van der Waals surface area contributed by atoms with Gasteiger partial charge in [-0.1, -0.05) is 29.4 Å². The molecule has 31 heteroatoms. The number of phosphoric ester groups is 2. The number of nitrogens with zero attached hydrogens (tertiary/aromatic N) is 9. The molecule has 5 heterocycles. The van der Waals surface area contributed by atoms with E-state index in [1.807, 2.05) is 0 Å². The van der Waals surface area contributed by atoms with E-state index in [2.05, 4.69) is 39.8 Å². The fraction of sp³-hybridized carbons (Fsp3) is 0.485. The molecule has 1 unspecified atom stereocenters. The van der Waals surface area contributed by atoms with Crippen LogP contribution in [0.3, 0.4) is 0 Å². The molecule has 2 fully saturated rings. The van der Waals surface area contributed by atoms with E-state index in [-0.39, 0.29) is 48.8 Å². The Balaban J connectivity index is 1.07. The normalized spacial score (nSPS) is 23.5. The number of rotatable bonds is 20. The van der Waals surface area contributed by atoms with Gasteiger partial charge in [0, 0.05) is 29.8 Å². The number of ether oxygens (including phenoxy) is 4. The lowest BCUT2D eigenvalue weighted by Crippen LogP contribution is -2.43. The van der Waals surface area contributed by atoms with E-state index in [4.69, 9.17) is 50.7 Å². The molecule has 2 aliphatic rings. The van der Waals surface area contributed by atoms with Gasteiger partial charge in [0.25, 0.3) is 0 Å². The molecule has 0 aliphatic carbocycles. The number of alkyl carbamates (subject to hydrolysis) is 1. The highest BCUT2D eigenvalue weighted by Gasteiger charge is 2.50. The molecule has 2 saturated heterocycles.